The summed E-state index contributed by atoms with van der Waals surface area (Å²) < 4.78 is 0. The molecule has 2 amide bonds. The van der Waals surface area contributed by atoms with E-state index in [9.17, 15) is 19.7 Å². The summed E-state index contributed by atoms with van der Waals surface area (Å²) in [7, 11) is 1.49. The molecular formula is C15H19N3O4. The van der Waals surface area contributed by atoms with Gasteiger partial charge in [-0.2, -0.15) is 0 Å². The maximum absolute atomic E-state index is 12.7. The van der Waals surface area contributed by atoms with Gasteiger partial charge in [-0.1, -0.05) is 18.9 Å². The molecule has 0 heterocycles. The van der Waals surface area contributed by atoms with Gasteiger partial charge in [0, 0.05) is 13.1 Å². The molecule has 0 saturated heterocycles. The number of hydrogen-bond acceptors (Lipinski definition) is 4. The molecular weight excluding hydrogens is 286 g/mol. The van der Waals surface area contributed by atoms with E-state index in [1.165, 1.54) is 24.1 Å². The third-order valence-corrected chi connectivity index (χ3v) is 4.42. The highest BCUT2D eigenvalue weighted by atomic mass is 16.6. The molecule has 118 valence electrons. The molecule has 0 atom stereocenters. The number of primary amides is 1. The van der Waals surface area contributed by atoms with Crippen molar-refractivity contribution < 1.29 is 14.5 Å². The van der Waals surface area contributed by atoms with E-state index in [-0.39, 0.29) is 11.3 Å². The zero-order chi connectivity index (χ0) is 16.5. The van der Waals surface area contributed by atoms with Crippen LogP contribution in [0.5, 0.6) is 0 Å². The zero-order valence-corrected chi connectivity index (χ0v) is 12.7. The number of nitro benzene ring substituents is 1. The second-order valence-electron chi connectivity index (χ2n) is 5.74. The van der Waals surface area contributed by atoms with Crippen molar-refractivity contribution in [2.75, 3.05) is 7.05 Å². The summed E-state index contributed by atoms with van der Waals surface area (Å²) in [5.74, 6) is -1.10. The zero-order valence-electron chi connectivity index (χ0n) is 12.7. The summed E-state index contributed by atoms with van der Waals surface area (Å²) in [5.41, 5.74) is 4.92. The standard InChI is InChI=1S/C15H19N3O4/c1-10-5-6-12(18(21)22)11(9-10)13(19)17(2)15(14(16)20)7-3-4-8-15/h5-6,9H,3-4,7-8H2,1-2H3,(H2,16,20). The fourth-order valence-electron chi connectivity index (χ4n) is 3.06. The van der Waals surface area contributed by atoms with Crippen LogP contribution in [0.15, 0.2) is 18.2 Å². The van der Waals surface area contributed by atoms with E-state index >= 15 is 0 Å². The monoisotopic (exact) mass is 305 g/mol. The van der Waals surface area contributed by atoms with Gasteiger partial charge in [0.05, 0.1) is 4.92 Å². The van der Waals surface area contributed by atoms with Crippen LogP contribution in [0.4, 0.5) is 5.69 Å². The maximum Gasteiger partial charge on any atom is 0.282 e. The number of nitrogens with two attached hydrogens (primary N) is 1. The summed E-state index contributed by atoms with van der Waals surface area (Å²) in [6.45, 7) is 1.75. The molecule has 0 radical (unpaired) electrons. The van der Waals surface area contributed by atoms with Crippen LogP contribution in [-0.2, 0) is 4.79 Å². The van der Waals surface area contributed by atoms with Gasteiger partial charge in [-0.05, 0) is 31.4 Å². The van der Waals surface area contributed by atoms with Crippen molar-refractivity contribution in [1.82, 2.24) is 4.90 Å². The largest absolute Gasteiger partial charge is 0.368 e. The first-order valence-electron chi connectivity index (χ1n) is 7.13. The second-order valence-corrected chi connectivity index (χ2v) is 5.74. The molecule has 22 heavy (non-hydrogen) atoms. The lowest BCUT2D eigenvalue weighted by molar-refractivity contribution is -0.385. The lowest BCUT2D eigenvalue weighted by Gasteiger charge is -2.35. The average molecular weight is 305 g/mol. The van der Waals surface area contributed by atoms with Gasteiger partial charge in [0.25, 0.3) is 11.6 Å². The molecule has 1 aliphatic carbocycles. The minimum atomic E-state index is -1.05. The van der Waals surface area contributed by atoms with Crippen molar-refractivity contribution in [1.29, 1.82) is 0 Å². The van der Waals surface area contributed by atoms with Crippen LogP contribution >= 0.6 is 0 Å². The Kier molecular flexibility index (Phi) is 4.16. The number of carbonyl (C=O) groups excluding carboxylic acids is 2. The fourth-order valence-corrected chi connectivity index (χ4v) is 3.06. The number of likely N-dealkylation sites (N-methyl/N-ethyl adjacent to an activating group) is 1. The summed E-state index contributed by atoms with van der Waals surface area (Å²) in [6.07, 6.45) is 2.58. The highest BCUT2D eigenvalue weighted by molar-refractivity contribution is 6.01. The second kappa shape index (κ2) is 5.75. The summed E-state index contributed by atoms with van der Waals surface area (Å²) in [5, 5.41) is 11.1. The van der Waals surface area contributed by atoms with E-state index in [0.717, 1.165) is 18.4 Å². The first-order chi connectivity index (χ1) is 10.3. The lowest BCUT2D eigenvalue weighted by Crippen LogP contribution is -2.56. The van der Waals surface area contributed by atoms with Gasteiger partial charge in [0.1, 0.15) is 11.1 Å². The molecule has 0 aliphatic heterocycles. The van der Waals surface area contributed by atoms with E-state index in [0.29, 0.717) is 12.8 Å². The molecule has 0 unspecified atom stereocenters. The Morgan fingerprint density at radius 1 is 1.32 bits per heavy atom. The number of amides is 2. The molecule has 1 saturated carbocycles. The number of rotatable bonds is 4. The fraction of sp³-hybridized carbons (Fsp3) is 0.467. The Morgan fingerprint density at radius 3 is 2.41 bits per heavy atom. The molecule has 0 bridgehead atoms. The van der Waals surface area contributed by atoms with Gasteiger partial charge < -0.3 is 10.6 Å². The number of nitro groups is 1. The number of carbonyl (C=O) groups is 2. The molecule has 0 aromatic heterocycles. The average Bonchev–Trinajstić information content (AvgIpc) is 2.96. The molecule has 2 N–H and O–H groups in total. The van der Waals surface area contributed by atoms with E-state index in [1.807, 2.05) is 0 Å². The smallest absolute Gasteiger partial charge is 0.282 e. The molecule has 1 fully saturated rings. The molecule has 7 heteroatoms. The Hall–Kier alpha value is -2.44. The summed E-state index contributed by atoms with van der Waals surface area (Å²) in [4.78, 5) is 36.4. The summed E-state index contributed by atoms with van der Waals surface area (Å²) >= 11 is 0. The first-order valence-corrected chi connectivity index (χ1v) is 7.13. The lowest BCUT2D eigenvalue weighted by atomic mass is 9.93. The van der Waals surface area contributed by atoms with Crippen molar-refractivity contribution in [3.8, 4) is 0 Å². The van der Waals surface area contributed by atoms with E-state index < -0.39 is 22.3 Å². The molecule has 0 spiro atoms. The highest BCUT2D eigenvalue weighted by Gasteiger charge is 2.46. The highest BCUT2D eigenvalue weighted by Crippen LogP contribution is 2.36. The van der Waals surface area contributed by atoms with E-state index in [2.05, 4.69) is 0 Å². The van der Waals surface area contributed by atoms with Gasteiger partial charge in [0.15, 0.2) is 0 Å². The number of hydrogen-bond donors (Lipinski definition) is 1. The van der Waals surface area contributed by atoms with Crippen molar-refractivity contribution >= 4 is 17.5 Å². The third kappa shape index (κ3) is 2.54. The van der Waals surface area contributed by atoms with Crippen LogP contribution in [0.25, 0.3) is 0 Å². The Balaban J connectivity index is 2.45. The topological polar surface area (TPSA) is 107 Å². The number of nitrogens with zero attached hydrogens (tertiary/aromatic N) is 2. The van der Waals surface area contributed by atoms with Gasteiger partial charge >= 0.3 is 0 Å². The number of benzene rings is 1. The van der Waals surface area contributed by atoms with Crippen LogP contribution in [-0.4, -0.2) is 34.2 Å². The minimum absolute atomic E-state index is 0.0139. The Bertz CT molecular complexity index is 636. The van der Waals surface area contributed by atoms with Crippen LogP contribution < -0.4 is 5.73 Å². The van der Waals surface area contributed by atoms with Gasteiger partial charge in [-0.15, -0.1) is 0 Å². The Labute approximate surface area is 128 Å². The molecule has 7 nitrogen and oxygen atoms in total. The van der Waals surface area contributed by atoms with Crippen LogP contribution in [0.2, 0.25) is 0 Å². The molecule has 1 aliphatic rings. The van der Waals surface area contributed by atoms with Crippen molar-refractivity contribution in [2.24, 2.45) is 5.73 Å². The van der Waals surface area contributed by atoms with Crippen molar-refractivity contribution in [2.45, 2.75) is 38.1 Å². The number of aryl methyl sites for hydroxylation is 1. The van der Waals surface area contributed by atoms with Crippen molar-refractivity contribution in [3.05, 3.63) is 39.4 Å². The minimum Gasteiger partial charge on any atom is -0.368 e. The van der Waals surface area contributed by atoms with Gasteiger partial charge in [0.2, 0.25) is 5.91 Å². The van der Waals surface area contributed by atoms with Crippen molar-refractivity contribution in [3.63, 3.8) is 0 Å². The van der Waals surface area contributed by atoms with Gasteiger partial charge in [-0.25, -0.2) is 0 Å². The summed E-state index contributed by atoms with van der Waals surface area (Å²) in [6, 6.07) is 4.36. The normalized spacial score (nSPS) is 16.3. The van der Waals surface area contributed by atoms with Crippen LogP contribution in [0, 0.1) is 17.0 Å². The van der Waals surface area contributed by atoms with Crippen LogP contribution in [0.1, 0.15) is 41.6 Å². The first kappa shape index (κ1) is 15.9. The maximum atomic E-state index is 12.7. The molecule has 2 rings (SSSR count). The predicted molar refractivity (Wildman–Crippen MR) is 80.3 cm³/mol. The SMILES string of the molecule is Cc1ccc([N+](=O)[O-])c(C(=O)N(C)C2(C(N)=O)CCCC2)c1. The quantitative estimate of drug-likeness (QED) is 0.675. The molecule has 1 aromatic rings. The van der Waals surface area contributed by atoms with Crippen LogP contribution in [0.3, 0.4) is 0 Å². The van der Waals surface area contributed by atoms with E-state index in [1.54, 1.807) is 13.0 Å². The Morgan fingerprint density at radius 2 is 1.91 bits per heavy atom. The third-order valence-electron chi connectivity index (χ3n) is 4.42. The predicted octanol–water partition coefficient (Wildman–Crippen LogP) is 1.77. The van der Waals surface area contributed by atoms with Gasteiger partial charge in [-0.3, -0.25) is 19.7 Å². The molecule has 1 aromatic carbocycles. The van der Waals surface area contributed by atoms with E-state index in [4.69, 9.17) is 5.73 Å².